The number of rotatable bonds is 2. The van der Waals surface area contributed by atoms with Crippen LogP contribution in [0.5, 0.6) is 0 Å². The van der Waals surface area contributed by atoms with Crippen LogP contribution < -0.4 is 0 Å². The van der Waals surface area contributed by atoms with Crippen LogP contribution in [0.1, 0.15) is 13.8 Å². The molecular formula is C8H13. The third kappa shape index (κ3) is 3.66. The minimum absolute atomic E-state index is 0.465. The molecule has 0 fully saturated rings. The van der Waals surface area contributed by atoms with E-state index in [2.05, 4.69) is 26.5 Å². The fourth-order valence-corrected chi connectivity index (χ4v) is 0.517. The first-order chi connectivity index (χ1) is 3.66. The van der Waals surface area contributed by atoms with Crippen LogP contribution in [0, 0.1) is 12.8 Å². The van der Waals surface area contributed by atoms with Gasteiger partial charge in [-0.25, -0.2) is 0 Å². The summed E-state index contributed by atoms with van der Waals surface area (Å²) in [4.78, 5) is 0. The second-order valence-corrected chi connectivity index (χ2v) is 2.11. The molecule has 0 rings (SSSR count). The Morgan fingerprint density at radius 2 is 2.12 bits per heavy atom. The van der Waals surface area contributed by atoms with Gasteiger partial charge in [-0.3, -0.25) is 0 Å². The third-order valence-corrected chi connectivity index (χ3v) is 0.919. The summed E-state index contributed by atoms with van der Waals surface area (Å²) in [5.74, 6) is 0.465. The van der Waals surface area contributed by atoms with Gasteiger partial charge in [0.15, 0.2) is 0 Å². The predicted octanol–water partition coefficient (Wildman–Crippen LogP) is 2.59. The van der Waals surface area contributed by atoms with Gasteiger partial charge in [-0.2, -0.15) is 0 Å². The van der Waals surface area contributed by atoms with E-state index >= 15 is 0 Å². The van der Waals surface area contributed by atoms with Crippen molar-refractivity contribution in [3.63, 3.8) is 0 Å². The molecule has 0 aromatic rings. The predicted molar refractivity (Wildman–Crippen MR) is 38.5 cm³/mol. The van der Waals surface area contributed by atoms with Crippen molar-refractivity contribution in [1.82, 2.24) is 0 Å². The molecule has 1 unspecified atom stereocenters. The maximum atomic E-state index is 3.74. The molecule has 0 heterocycles. The number of hydrogen-bond donors (Lipinski definition) is 0. The van der Waals surface area contributed by atoms with Gasteiger partial charge in [-0.1, -0.05) is 24.6 Å². The molecule has 1 radical (unpaired) electrons. The number of hydrogen-bond acceptors (Lipinski definition) is 0. The van der Waals surface area contributed by atoms with E-state index in [1.807, 2.05) is 13.0 Å². The van der Waals surface area contributed by atoms with Gasteiger partial charge >= 0.3 is 0 Å². The van der Waals surface area contributed by atoms with E-state index < -0.39 is 0 Å². The molecule has 1 atom stereocenters. The lowest BCUT2D eigenvalue weighted by molar-refractivity contribution is 0.934. The monoisotopic (exact) mass is 109 g/mol. The summed E-state index contributed by atoms with van der Waals surface area (Å²) in [5.41, 5.74) is 1.11. The van der Waals surface area contributed by atoms with Crippen molar-refractivity contribution >= 4 is 0 Å². The van der Waals surface area contributed by atoms with Gasteiger partial charge in [0.2, 0.25) is 0 Å². The van der Waals surface area contributed by atoms with Gasteiger partial charge in [-0.15, -0.1) is 6.58 Å². The Kier molecular flexibility index (Phi) is 3.25. The lowest BCUT2D eigenvalue weighted by atomic mass is 10.1. The first-order valence-corrected chi connectivity index (χ1v) is 2.79. The topological polar surface area (TPSA) is 0 Å². The molecule has 8 heavy (non-hydrogen) atoms. The third-order valence-electron chi connectivity index (χ3n) is 0.919. The first kappa shape index (κ1) is 7.48. The van der Waals surface area contributed by atoms with E-state index in [4.69, 9.17) is 0 Å². The van der Waals surface area contributed by atoms with E-state index in [9.17, 15) is 0 Å². The highest BCUT2D eigenvalue weighted by Crippen LogP contribution is 2.00. The molecule has 0 bridgehead atoms. The van der Waals surface area contributed by atoms with Crippen molar-refractivity contribution in [2.45, 2.75) is 13.8 Å². The van der Waals surface area contributed by atoms with Crippen LogP contribution in [0.15, 0.2) is 24.3 Å². The Bertz CT molecular complexity index is 94.6. The van der Waals surface area contributed by atoms with Gasteiger partial charge in [0.1, 0.15) is 0 Å². The molecule has 0 aliphatic heterocycles. The summed E-state index contributed by atoms with van der Waals surface area (Å²) in [6.07, 6.45) is 3.97. The highest BCUT2D eigenvalue weighted by atomic mass is 13.9. The molecule has 0 aromatic heterocycles. The van der Waals surface area contributed by atoms with E-state index in [1.54, 1.807) is 0 Å². The first-order valence-electron chi connectivity index (χ1n) is 2.79. The summed E-state index contributed by atoms with van der Waals surface area (Å²) < 4.78 is 0. The Morgan fingerprint density at radius 3 is 2.25 bits per heavy atom. The van der Waals surface area contributed by atoms with Crippen LogP contribution in [-0.4, -0.2) is 0 Å². The molecule has 0 N–H and O–H groups in total. The molecule has 0 aliphatic carbocycles. The molecule has 0 amide bonds. The number of allylic oxidation sites excluding steroid dienone is 3. The van der Waals surface area contributed by atoms with Crippen LogP contribution in [0.25, 0.3) is 0 Å². The molecule has 0 heteroatoms. The molecule has 45 valence electrons. The fourth-order valence-electron chi connectivity index (χ4n) is 0.517. The van der Waals surface area contributed by atoms with Gasteiger partial charge in [-0.05, 0) is 19.8 Å². The summed E-state index contributed by atoms with van der Waals surface area (Å²) >= 11 is 0. The van der Waals surface area contributed by atoms with Crippen LogP contribution in [0.2, 0.25) is 0 Å². The van der Waals surface area contributed by atoms with Gasteiger partial charge in [0, 0.05) is 0 Å². The largest absolute Gasteiger partial charge is 0.102 e. The Labute approximate surface area is 51.9 Å². The average molecular weight is 109 g/mol. The Balaban J connectivity index is 3.68. The zero-order valence-electron chi connectivity index (χ0n) is 5.65. The molecule has 0 spiro atoms. The van der Waals surface area contributed by atoms with Crippen LogP contribution in [-0.2, 0) is 0 Å². The molecule has 0 aromatic carbocycles. The molecule has 0 nitrogen and oxygen atoms in total. The van der Waals surface area contributed by atoms with E-state index in [-0.39, 0.29) is 0 Å². The summed E-state index contributed by atoms with van der Waals surface area (Å²) in [5, 5.41) is 0. The van der Waals surface area contributed by atoms with E-state index in [1.165, 1.54) is 0 Å². The van der Waals surface area contributed by atoms with Crippen molar-refractivity contribution in [2.75, 3.05) is 0 Å². The smallest absolute Gasteiger partial charge is 0.00820 e. The molecule has 0 saturated heterocycles. The minimum Gasteiger partial charge on any atom is -0.102 e. The maximum Gasteiger partial charge on any atom is -0.00820 e. The zero-order valence-corrected chi connectivity index (χ0v) is 5.65. The summed E-state index contributed by atoms with van der Waals surface area (Å²) in [6.45, 7) is 11.5. The van der Waals surface area contributed by atoms with Crippen molar-refractivity contribution < 1.29 is 0 Å². The van der Waals surface area contributed by atoms with Gasteiger partial charge in [0.05, 0.1) is 0 Å². The molecule has 0 aliphatic rings. The van der Waals surface area contributed by atoms with Crippen LogP contribution >= 0.6 is 0 Å². The average Bonchev–Trinajstić information content (AvgIpc) is 1.65. The van der Waals surface area contributed by atoms with Crippen LogP contribution in [0.4, 0.5) is 0 Å². The van der Waals surface area contributed by atoms with Gasteiger partial charge < -0.3 is 0 Å². The van der Waals surface area contributed by atoms with Crippen molar-refractivity contribution in [1.29, 1.82) is 0 Å². The standard InChI is InChI=1S/C8H13/c1-5-8(4)6-7(2)3/h5-6,8H,1-2H2,3-4H3. The normalized spacial score (nSPS) is 15.6. The highest BCUT2D eigenvalue weighted by molar-refractivity contribution is 5.06. The van der Waals surface area contributed by atoms with E-state index in [0.717, 1.165) is 5.57 Å². The lowest BCUT2D eigenvalue weighted by Crippen LogP contribution is -1.80. The fraction of sp³-hybridized carbons (Fsp3) is 0.375. The van der Waals surface area contributed by atoms with Crippen LogP contribution in [0.3, 0.4) is 0 Å². The van der Waals surface area contributed by atoms with Crippen molar-refractivity contribution in [2.24, 2.45) is 5.92 Å². The summed E-state index contributed by atoms with van der Waals surface area (Å²) in [7, 11) is 0. The Hall–Kier alpha value is -0.520. The van der Waals surface area contributed by atoms with Crippen molar-refractivity contribution in [3.8, 4) is 0 Å². The maximum absolute atomic E-state index is 3.74. The second kappa shape index (κ2) is 3.48. The van der Waals surface area contributed by atoms with Gasteiger partial charge in [0.25, 0.3) is 0 Å². The zero-order chi connectivity index (χ0) is 6.57. The molecular weight excluding hydrogens is 96.1 g/mol. The minimum atomic E-state index is 0.465. The molecule has 0 saturated carbocycles. The summed E-state index contributed by atoms with van der Waals surface area (Å²) in [6, 6.07) is 0. The lowest BCUT2D eigenvalue weighted by Gasteiger charge is -1.95. The quantitative estimate of drug-likeness (QED) is 0.478. The second-order valence-electron chi connectivity index (χ2n) is 2.11. The van der Waals surface area contributed by atoms with E-state index in [0.29, 0.717) is 5.92 Å². The Morgan fingerprint density at radius 1 is 1.62 bits per heavy atom. The SMILES string of the molecule is [CH2]C(C)=CC(C)C=C. The highest BCUT2D eigenvalue weighted by Gasteiger charge is 1.85. The van der Waals surface area contributed by atoms with Crippen molar-refractivity contribution in [3.05, 3.63) is 31.2 Å².